The van der Waals surface area contributed by atoms with Gasteiger partial charge in [-0.05, 0) is 42.8 Å². The van der Waals surface area contributed by atoms with E-state index in [1.807, 2.05) is 30.3 Å². The second kappa shape index (κ2) is 8.99. The van der Waals surface area contributed by atoms with Crippen LogP contribution < -0.4 is 0 Å². The number of hydrogen-bond acceptors (Lipinski definition) is 3. The van der Waals surface area contributed by atoms with Gasteiger partial charge in [0.25, 0.3) is 0 Å². The van der Waals surface area contributed by atoms with Crippen molar-refractivity contribution in [3.8, 4) is 28.5 Å². The molecule has 4 nitrogen and oxygen atoms in total. The fourth-order valence-electron chi connectivity index (χ4n) is 5.14. The molecule has 176 valence electrons. The van der Waals surface area contributed by atoms with E-state index in [1.54, 1.807) is 0 Å². The van der Waals surface area contributed by atoms with Crippen LogP contribution >= 0.6 is 0 Å². The average Bonchev–Trinajstić information content (AvgIpc) is 3.32. The lowest BCUT2D eigenvalue weighted by molar-refractivity contribution is 0.764. The highest BCUT2D eigenvalue weighted by Crippen LogP contribution is 2.33. The molecular formula is C33H24N4. The maximum Gasteiger partial charge on any atom is 0.163 e. The van der Waals surface area contributed by atoms with E-state index in [9.17, 15) is 0 Å². The Labute approximate surface area is 215 Å². The fraction of sp³-hybridized carbons (Fsp3) is 0.0606. The highest BCUT2D eigenvalue weighted by Gasteiger charge is 2.17. The smallest absolute Gasteiger partial charge is 0.163 e. The molecule has 2 aromatic heterocycles. The van der Waals surface area contributed by atoms with E-state index in [1.165, 1.54) is 21.8 Å². The maximum atomic E-state index is 4.93. The molecule has 4 heteroatoms. The zero-order valence-electron chi connectivity index (χ0n) is 20.2. The summed E-state index contributed by atoms with van der Waals surface area (Å²) in [7, 11) is 0. The Morgan fingerprint density at radius 1 is 0.568 bits per heavy atom. The third-order valence-corrected chi connectivity index (χ3v) is 6.96. The predicted molar refractivity (Wildman–Crippen MR) is 151 cm³/mol. The Bertz CT molecular complexity index is 1740. The molecule has 0 N–H and O–H groups in total. The Balaban J connectivity index is 1.34. The number of nitrogens with zero attached hydrogens (tertiary/aromatic N) is 4. The highest BCUT2D eigenvalue weighted by molar-refractivity contribution is 6.09. The quantitative estimate of drug-likeness (QED) is 0.260. The van der Waals surface area contributed by atoms with E-state index in [0.717, 1.165) is 29.1 Å². The van der Waals surface area contributed by atoms with E-state index < -0.39 is 0 Å². The summed E-state index contributed by atoms with van der Waals surface area (Å²) in [5.74, 6) is 2.35. The van der Waals surface area contributed by atoms with Crippen LogP contribution in [0.25, 0.3) is 50.3 Å². The first kappa shape index (κ1) is 21.5. The van der Waals surface area contributed by atoms with Crippen LogP contribution in [0.5, 0.6) is 0 Å². The molecule has 0 saturated carbocycles. The van der Waals surface area contributed by atoms with Gasteiger partial charge in [0.15, 0.2) is 11.6 Å². The maximum absolute atomic E-state index is 4.93. The van der Waals surface area contributed by atoms with Crippen molar-refractivity contribution in [2.45, 2.75) is 12.3 Å². The average molecular weight is 477 g/mol. The Hall–Kier alpha value is -4.83. The lowest BCUT2D eigenvalue weighted by Crippen LogP contribution is -2.07. The summed E-state index contributed by atoms with van der Waals surface area (Å²) in [6.07, 6.45) is 9.36. The van der Waals surface area contributed by atoms with Crippen LogP contribution in [0.1, 0.15) is 18.2 Å². The van der Waals surface area contributed by atoms with E-state index in [0.29, 0.717) is 11.6 Å². The molecule has 2 heterocycles. The minimum atomic E-state index is 0.145. The van der Waals surface area contributed by atoms with Crippen molar-refractivity contribution in [1.29, 1.82) is 0 Å². The molecule has 0 radical (unpaired) electrons. The SMILES string of the molecule is C1=CCC(c2nc(-c3ccccc3)nc(-c3ccc(-n4c5ccccc5c5ccccc54)cc3)n2)C=C1. The van der Waals surface area contributed by atoms with Gasteiger partial charge >= 0.3 is 0 Å². The molecule has 1 atom stereocenters. The van der Waals surface area contributed by atoms with Gasteiger partial charge in [-0.15, -0.1) is 0 Å². The summed E-state index contributed by atoms with van der Waals surface area (Å²) in [6.45, 7) is 0. The molecular weight excluding hydrogens is 452 g/mol. The number of benzene rings is 4. The Morgan fingerprint density at radius 3 is 1.78 bits per heavy atom. The van der Waals surface area contributed by atoms with Crippen molar-refractivity contribution in [3.05, 3.63) is 133 Å². The molecule has 4 aromatic carbocycles. The summed E-state index contributed by atoms with van der Waals surface area (Å²) in [5.41, 5.74) is 5.47. The highest BCUT2D eigenvalue weighted by atomic mass is 15.0. The Kier molecular flexibility index (Phi) is 5.21. The van der Waals surface area contributed by atoms with Crippen LogP contribution in [0.3, 0.4) is 0 Å². The zero-order valence-corrected chi connectivity index (χ0v) is 20.2. The van der Waals surface area contributed by atoms with Crippen LogP contribution in [0, 0.1) is 0 Å². The molecule has 37 heavy (non-hydrogen) atoms. The van der Waals surface area contributed by atoms with E-state index in [2.05, 4.69) is 102 Å². The van der Waals surface area contributed by atoms with Gasteiger partial charge < -0.3 is 4.57 Å². The van der Waals surface area contributed by atoms with Gasteiger partial charge in [0, 0.05) is 33.5 Å². The van der Waals surface area contributed by atoms with Crippen molar-refractivity contribution in [3.63, 3.8) is 0 Å². The second-order valence-corrected chi connectivity index (χ2v) is 9.28. The van der Waals surface area contributed by atoms with E-state index in [4.69, 9.17) is 15.0 Å². The lowest BCUT2D eigenvalue weighted by Gasteiger charge is -2.14. The molecule has 0 spiro atoms. The summed E-state index contributed by atoms with van der Waals surface area (Å²) in [6, 6.07) is 35.8. The van der Waals surface area contributed by atoms with Gasteiger partial charge in [-0.2, -0.15) is 0 Å². The fourth-order valence-corrected chi connectivity index (χ4v) is 5.14. The largest absolute Gasteiger partial charge is 0.309 e. The van der Waals surface area contributed by atoms with Gasteiger partial charge in [-0.3, -0.25) is 0 Å². The molecule has 0 saturated heterocycles. The molecule has 1 unspecified atom stereocenters. The number of hydrogen-bond donors (Lipinski definition) is 0. The van der Waals surface area contributed by atoms with Crippen molar-refractivity contribution >= 4 is 21.8 Å². The summed E-state index contributed by atoms with van der Waals surface area (Å²) < 4.78 is 2.32. The van der Waals surface area contributed by atoms with Crippen molar-refractivity contribution in [1.82, 2.24) is 19.5 Å². The number of allylic oxidation sites excluding steroid dienone is 4. The number of rotatable bonds is 4. The zero-order chi connectivity index (χ0) is 24.6. The third-order valence-electron chi connectivity index (χ3n) is 6.96. The van der Waals surface area contributed by atoms with Crippen LogP contribution in [-0.2, 0) is 0 Å². The minimum Gasteiger partial charge on any atom is -0.309 e. The summed E-state index contributed by atoms with van der Waals surface area (Å²) >= 11 is 0. The summed E-state index contributed by atoms with van der Waals surface area (Å²) in [5, 5.41) is 2.51. The molecule has 0 bridgehead atoms. The lowest BCUT2D eigenvalue weighted by atomic mass is 10.00. The first-order chi connectivity index (χ1) is 18.3. The molecule has 7 rings (SSSR count). The van der Waals surface area contributed by atoms with Crippen molar-refractivity contribution < 1.29 is 0 Å². The van der Waals surface area contributed by atoms with Crippen LogP contribution in [0.2, 0.25) is 0 Å². The number of para-hydroxylation sites is 2. The standard InChI is InChI=1S/C33H24N4/c1-3-11-23(12-4-1)31-34-32(24-13-5-2-6-14-24)36-33(35-31)25-19-21-26(22-20-25)37-29-17-9-7-15-27(29)28-16-8-10-18-30(28)37/h1-13,15-22,24H,14H2. The third kappa shape index (κ3) is 3.83. The first-order valence-corrected chi connectivity index (χ1v) is 12.6. The second-order valence-electron chi connectivity index (χ2n) is 9.28. The number of aromatic nitrogens is 4. The van der Waals surface area contributed by atoms with Gasteiger partial charge in [0.2, 0.25) is 0 Å². The van der Waals surface area contributed by atoms with Crippen LogP contribution in [0.4, 0.5) is 0 Å². The van der Waals surface area contributed by atoms with E-state index >= 15 is 0 Å². The Morgan fingerprint density at radius 2 is 1.16 bits per heavy atom. The minimum absolute atomic E-state index is 0.145. The van der Waals surface area contributed by atoms with Gasteiger partial charge in [-0.1, -0.05) is 91.0 Å². The normalized spacial score (nSPS) is 15.0. The predicted octanol–water partition coefficient (Wildman–Crippen LogP) is 7.90. The molecule has 1 aliphatic carbocycles. The first-order valence-electron chi connectivity index (χ1n) is 12.6. The molecule has 0 fully saturated rings. The van der Waals surface area contributed by atoms with Crippen molar-refractivity contribution in [2.24, 2.45) is 0 Å². The topological polar surface area (TPSA) is 43.6 Å². The van der Waals surface area contributed by atoms with Gasteiger partial charge in [0.1, 0.15) is 5.82 Å². The van der Waals surface area contributed by atoms with Gasteiger partial charge in [-0.25, -0.2) is 15.0 Å². The van der Waals surface area contributed by atoms with E-state index in [-0.39, 0.29) is 5.92 Å². The molecule has 6 aromatic rings. The molecule has 0 amide bonds. The van der Waals surface area contributed by atoms with Crippen molar-refractivity contribution in [2.75, 3.05) is 0 Å². The van der Waals surface area contributed by atoms with Crippen LogP contribution in [0.15, 0.2) is 127 Å². The molecule has 0 aliphatic heterocycles. The monoisotopic (exact) mass is 476 g/mol. The summed E-state index contributed by atoms with van der Waals surface area (Å²) in [4.78, 5) is 14.7. The number of fused-ring (bicyclic) bond motifs is 3. The van der Waals surface area contributed by atoms with Crippen LogP contribution in [-0.4, -0.2) is 19.5 Å². The molecule has 1 aliphatic rings. The van der Waals surface area contributed by atoms with Gasteiger partial charge in [0.05, 0.1) is 11.0 Å².